The fourth-order valence-electron chi connectivity index (χ4n) is 4.10. The first-order chi connectivity index (χ1) is 14.8. The lowest BCUT2D eigenvalue weighted by Crippen LogP contribution is -2.40. The van der Waals surface area contributed by atoms with Crippen LogP contribution in [0.25, 0.3) is 11.0 Å². The first-order valence-electron chi connectivity index (χ1n) is 10.1. The standard InChI is InChI=1S/C21H23N7OS/c29-20(26-15-6-2-1-3-7-15)27-21-23-11-17(30-21)14-5-4-10-28(12-14)19-16-8-9-22-18(16)24-13-25-19/h1-3,6-9,13-14,17H,4-5,10-12H2,(H,22,24,25)(H2,23,26,27,29). The summed E-state index contributed by atoms with van der Waals surface area (Å²) in [6, 6.07) is 11.2. The summed E-state index contributed by atoms with van der Waals surface area (Å²) < 4.78 is 0. The monoisotopic (exact) mass is 421 g/mol. The van der Waals surface area contributed by atoms with Crippen LogP contribution in [0.1, 0.15) is 12.8 Å². The summed E-state index contributed by atoms with van der Waals surface area (Å²) in [7, 11) is 0. The average Bonchev–Trinajstić information content (AvgIpc) is 3.44. The van der Waals surface area contributed by atoms with Crippen LogP contribution < -0.4 is 15.5 Å². The summed E-state index contributed by atoms with van der Waals surface area (Å²) in [4.78, 5) is 31.2. The van der Waals surface area contributed by atoms with Crippen LogP contribution in [0.5, 0.6) is 0 Å². The highest BCUT2D eigenvalue weighted by Gasteiger charge is 2.33. The van der Waals surface area contributed by atoms with Gasteiger partial charge in [0.15, 0.2) is 5.17 Å². The summed E-state index contributed by atoms with van der Waals surface area (Å²) in [5.41, 5.74) is 1.63. The Morgan fingerprint density at radius 1 is 1.17 bits per heavy atom. The van der Waals surface area contributed by atoms with Crippen LogP contribution in [0, 0.1) is 5.92 Å². The van der Waals surface area contributed by atoms with Crippen LogP contribution in [0.15, 0.2) is 53.9 Å². The second kappa shape index (κ2) is 8.35. The number of urea groups is 1. The fraction of sp³-hybridized carbons (Fsp3) is 0.333. The van der Waals surface area contributed by atoms with Gasteiger partial charge in [-0.15, -0.1) is 0 Å². The number of H-pyrrole nitrogens is 1. The van der Waals surface area contributed by atoms with Crippen molar-refractivity contribution in [3.63, 3.8) is 0 Å². The predicted octanol–water partition coefficient (Wildman–Crippen LogP) is 3.47. The van der Waals surface area contributed by atoms with Crippen LogP contribution in [0.3, 0.4) is 0 Å². The molecule has 154 valence electrons. The Morgan fingerprint density at radius 3 is 2.97 bits per heavy atom. The van der Waals surface area contributed by atoms with Gasteiger partial charge in [-0.3, -0.25) is 10.3 Å². The molecule has 0 radical (unpaired) electrons. The molecular weight excluding hydrogens is 398 g/mol. The number of aliphatic imine (C=N–C) groups is 1. The van der Waals surface area contributed by atoms with E-state index < -0.39 is 0 Å². The normalized spacial score (nSPS) is 21.5. The zero-order valence-corrected chi connectivity index (χ0v) is 17.2. The van der Waals surface area contributed by atoms with Crippen LogP contribution in [0.4, 0.5) is 16.3 Å². The number of thioether (sulfide) groups is 1. The minimum atomic E-state index is -0.255. The summed E-state index contributed by atoms with van der Waals surface area (Å²) in [6.07, 6.45) is 5.81. The van der Waals surface area contributed by atoms with Crippen molar-refractivity contribution >= 4 is 45.5 Å². The van der Waals surface area contributed by atoms with E-state index in [1.54, 1.807) is 18.1 Å². The van der Waals surface area contributed by atoms with E-state index in [0.717, 1.165) is 55.0 Å². The van der Waals surface area contributed by atoms with Gasteiger partial charge in [0, 0.05) is 30.2 Å². The lowest BCUT2D eigenvalue weighted by molar-refractivity contribution is 0.256. The number of carbonyl (C=O) groups excluding carboxylic acids is 1. The highest BCUT2D eigenvalue weighted by molar-refractivity contribution is 8.14. The number of anilines is 2. The molecule has 2 unspecified atom stereocenters. The molecule has 3 aromatic rings. The molecule has 1 saturated heterocycles. The molecule has 2 aliphatic heterocycles. The molecule has 0 saturated carbocycles. The van der Waals surface area contributed by atoms with Crippen molar-refractivity contribution in [3.8, 4) is 0 Å². The third kappa shape index (κ3) is 3.97. The Labute approximate surface area is 178 Å². The van der Waals surface area contributed by atoms with E-state index in [0.29, 0.717) is 16.3 Å². The van der Waals surface area contributed by atoms with Gasteiger partial charge in [-0.2, -0.15) is 0 Å². The minimum absolute atomic E-state index is 0.255. The lowest BCUT2D eigenvalue weighted by Gasteiger charge is -2.36. The molecule has 2 amide bonds. The fourth-order valence-corrected chi connectivity index (χ4v) is 5.25. The highest BCUT2D eigenvalue weighted by atomic mass is 32.2. The number of aromatic amines is 1. The first kappa shape index (κ1) is 18.9. The number of rotatable bonds is 3. The van der Waals surface area contributed by atoms with E-state index in [-0.39, 0.29) is 6.03 Å². The number of amidine groups is 1. The molecule has 2 atom stereocenters. The van der Waals surface area contributed by atoms with Crippen LogP contribution in [-0.4, -0.2) is 51.0 Å². The van der Waals surface area contributed by atoms with Crippen LogP contribution >= 0.6 is 11.8 Å². The van der Waals surface area contributed by atoms with Crippen molar-refractivity contribution in [2.75, 3.05) is 29.9 Å². The van der Waals surface area contributed by atoms with E-state index in [9.17, 15) is 4.79 Å². The Morgan fingerprint density at radius 2 is 2.07 bits per heavy atom. The number of piperidine rings is 1. The number of fused-ring (bicyclic) bond motifs is 1. The third-order valence-corrected chi connectivity index (χ3v) is 6.84. The van der Waals surface area contributed by atoms with Gasteiger partial charge in [0.2, 0.25) is 0 Å². The van der Waals surface area contributed by atoms with Crippen molar-refractivity contribution in [2.45, 2.75) is 18.1 Å². The SMILES string of the molecule is O=C(NC1=NCC(C2CCCN(c3ncnc4[nH]ccc34)C2)S1)Nc1ccccc1. The number of aromatic nitrogens is 3. The molecule has 0 aliphatic carbocycles. The summed E-state index contributed by atoms with van der Waals surface area (Å²) >= 11 is 1.67. The number of hydrogen-bond acceptors (Lipinski definition) is 6. The second-order valence-corrected chi connectivity index (χ2v) is 8.76. The van der Waals surface area contributed by atoms with Crippen molar-refractivity contribution in [2.24, 2.45) is 10.9 Å². The van der Waals surface area contributed by atoms with E-state index in [1.807, 2.05) is 42.6 Å². The molecule has 3 N–H and O–H groups in total. The zero-order chi connectivity index (χ0) is 20.3. The summed E-state index contributed by atoms with van der Waals surface area (Å²) in [5.74, 6) is 1.49. The topological polar surface area (TPSA) is 98.3 Å². The number of amides is 2. The summed E-state index contributed by atoms with van der Waals surface area (Å²) in [6.45, 7) is 2.66. The lowest BCUT2D eigenvalue weighted by atomic mass is 9.94. The van der Waals surface area contributed by atoms with Gasteiger partial charge in [-0.25, -0.2) is 14.8 Å². The molecule has 30 heavy (non-hydrogen) atoms. The van der Waals surface area contributed by atoms with Crippen molar-refractivity contribution in [1.29, 1.82) is 0 Å². The molecule has 1 fully saturated rings. The molecule has 0 spiro atoms. The molecular formula is C21H23N7OS. The molecule has 2 aliphatic rings. The van der Waals surface area contributed by atoms with E-state index in [4.69, 9.17) is 0 Å². The molecule has 5 rings (SSSR count). The van der Waals surface area contributed by atoms with Gasteiger partial charge < -0.3 is 15.2 Å². The van der Waals surface area contributed by atoms with Gasteiger partial charge in [-0.1, -0.05) is 30.0 Å². The predicted molar refractivity (Wildman–Crippen MR) is 121 cm³/mol. The van der Waals surface area contributed by atoms with Gasteiger partial charge in [0.1, 0.15) is 17.8 Å². The van der Waals surface area contributed by atoms with Crippen molar-refractivity contribution in [1.82, 2.24) is 20.3 Å². The molecule has 8 nitrogen and oxygen atoms in total. The number of hydrogen-bond donors (Lipinski definition) is 3. The second-order valence-electron chi connectivity index (χ2n) is 7.53. The molecule has 1 aromatic carbocycles. The third-order valence-electron chi connectivity index (χ3n) is 5.55. The van der Waals surface area contributed by atoms with Crippen molar-refractivity contribution in [3.05, 3.63) is 48.9 Å². The number of nitrogens with one attached hydrogen (secondary N) is 3. The van der Waals surface area contributed by atoms with Gasteiger partial charge in [0.05, 0.1) is 11.9 Å². The quantitative estimate of drug-likeness (QED) is 0.602. The number of para-hydroxylation sites is 1. The van der Waals surface area contributed by atoms with Gasteiger partial charge in [0.25, 0.3) is 0 Å². The Balaban J connectivity index is 1.19. The van der Waals surface area contributed by atoms with E-state index in [2.05, 4.69) is 35.5 Å². The maximum Gasteiger partial charge on any atom is 0.325 e. The number of carbonyl (C=O) groups is 1. The molecule has 9 heteroatoms. The number of benzene rings is 1. The van der Waals surface area contributed by atoms with Crippen LogP contribution in [-0.2, 0) is 0 Å². The molecule has 4 heterocycles. The Hall–Kier alpha value is -3.07. The largest absolute Gasteiger partial charge is 0.356 e. The average molecular weight is 422 g/mol. The molecule has 2 aromatic heterocycles. The van der Waals surface area contributed by atoms with Gasteiger partial charge >= 0.3 is 6.03 Å². The Kier molecular flexibility index (Phi) is 5.27. The first-order valence-corrected chi connectivity index (χ1v) is 11.0. The minimum Gasteiger partial charge on any atom is -0.356 e. The van der Waals surface area contributed by atoms with Crippen LogP contribution in [0.2, 0.25) is 0 Å². The summed E-state index contributed by atoms with van der Waals surface area (Å²) in [5, 5.41) is 7.84. The van der Waals surface area contributed by atoms with Gasteiger partial charge in [-0.05, 0) is 37.0 Å². The smallest absolute Gasteiger partial charge is 0.325 e. The Bertz CT molecular complexity index is 1070. The highest BCUT2D eigenvalue weighted by Crippen LogP contribution is 2.34. The number of nitrogens with zero attached hydrogens (tertiary/aromatic N) is 4. The maximum atomic E-state index is 12.2. The maximum absolute atomic E-state index is 12.2. The van der Waals surface area contributed by atoms with E-state index in [1.165, 1.54) is 0 Å². The molecule has 0 bridgehead atoms. The van der Waals surface area contributed by atoms with E-state index >= 15 is 0 Å². The zero-order valence-electron chi connectivity index (χ0n) is 16.4. The van der Waals surface area contributed by atoms with Crippen molar-refractivity contribution < 1.29 is 4.79 Å².